The fourth-order valence-corrected chi connectivity index (χ4v) is 4.10. The van der Waals surface area contributed by atoms with Gasteiger partial charge in [0.2, 0.25) is 10.0 Å². The van der Waals surface area contributed by atoms with E-state index in [2.05, 4.69) is 10.4 Å². The van der Waals surface area contributed by atoms with Gasteiger partial charge in [-0.25, -0.2) is 8.42 Å². The molecular formula is C13H20N4O2S2. The van der Waals surface area contributed by atoms with Gasteiger partial charge in [-0.3, -0.25) is 4.68 Å². The largest absolute Gasteiger partial charge is 0.318 e. The van der Waals surface area contributed by atoms with Crippen molar-refractivity contribution >= 4 is 21.4 Å². The van der Waals surface area contributed by atoms with Crippen molar-refractivity contribution in [1.82, 2.24) is 19.4 Å². The van der Waals surface area contributed by atoms with Crippen LogP contribution in [-0.4, -0.2) is 43.1 Å². The molecule has 2 aromatic rings. The van der Waals surface area contributed by atoms with Crippen LogP contribution >= 0.6 is 11.3 Å². The predicted molar refractivity (Wildman–Crippen MR) is 83.8 cm³/mol. The molecule has 0 saturated heterocycles. The van der Waals surface area contributed by atoms with Crippen molar-refractivity contribution in [2.45, 2.75) is 24.4 Å². The molecule has 0 fully saturated rings. The molecule has 0 aliphatic rings. The molecular weight excluding hydrogens is 308 g/mol. The van der Waals surface area contributed by atoms with Crippen molar-refractivity contribution in [2.24, 2.45) is 0 Å². The molecule has 21 heavy (non-hydrogen) atoms. The predicted octanol–water partition coefficient (Wildman–Crippen LogP) is 1.55. The Bertz CT molecular complexity index is 664. The molecule has 0 aromatic carbocycles. The van der Waals surface area contributed by atoms with Crippen molar-refractivity contribution in [3.05, 3.63) is 34.8 Å². The van der Waals surface area contributed by atoms with E-state index < -0.39 is 10.0 Å². The van der Waals surface area contributed by atoms with Crippen molar-refractivity contribution < 1.29 is 8.42 Å². The van der Waals surface area contributed by atoms with Crippen LogP contribution in [0.4, 0.5) is 0 Å². The molecule has 6 nitrogen and oxygen atoms in total. The van der Waals surface area contributed by atoms with Gasteiger partial charge >= 0.3 is 0 Å². The van der Waals surface area contributed by atoms with Gasteiger partial charge in [-0.15, -0.1) is 11.3 Å². The summed E-state index contributed by atoms with van der Waals surface area (Å²) in [7, 11) is -0.0855. The minimum atomic E-state index is -3.53. The first-order valence-corrected chi connectivity index (χ1v) is 8.97. The number of hydrogen-bond acceptors (Lipinski definition) is 5. The van der Waals surface area contributed by atoms with Gasteiger partial charge in [0.15, 0.2) is 0 Å². The average Bonchev–Trinajstić information content (AvgIpc) is 3.14. The third-order valence-corrected chi connectivity index (χ3v) is 6.30. The van der Waals surface area contributed by atoms with Crippen molar-refractivity contribution in [1.29, 1.82) is 0 Å². The van der Waals surface area contributed by atoms with Gasteiger partial charge in [0.05, 0.1) is 18.8 Å². The normalized spacial score (nSPS) is 13.7. The molecule has 2 rings (SSSR count). The van der Waals surface area contributed by atoms with E-state index >= 15 is 0 Å². The molecule has 0 spiro atoms. The summed E-state index contributed by atoms with van der Waals surface area (Å²) in [6, 6.07) is 3.67. The first-order valence-electron chi connectivity index (χ1n) is 6.65. The summed E-state index contributed by atoms with van der Waals surface area (Å²) in [5, 5.41) is 9.05. The highest BCUT2D eigenvalue weighted by Crippen LogP contribution is 2.28. The molecule has 1 N–H and O–H groups in total. The summed E-state index contributed by atoms with van der Waals surface area (Å²) in [5.41, 5.74) is 0. The second-order valence-corrected chi connectivity index (χ2v) is 7.73. The maximum Gasteiger partial charge on any atom is 0.246 e. The van der Waals surface area contributed by atoms with Crippen LogP contribution < -0.4 is 5.32 Å². The summed E-state index contributed by atoms with van der Waals surface area (Å²) >= 11 is 1.55. The molecule has 0 aliphatic heterocycles. The monoisotopic (exact) mass is 328 g/mol. The van der Waals surface area contributed by atoms with Crippen LogP contribution in [0.15, 0.2) is 34.8 Å². The third kappa shape index (κ3) is 3.52. The summed E-state index contributed by atoms with van der Waals surface area (Å²) < 4.78 is 28.3. The first kappa shape index (κ1) is 16.2. The Morgan fingerprint density at radius 1 is 1.52 bits per heavy atom. The van der Waals surface area contributed by atoms with Crippen molar-refractivity contribution in [3.63, 3.8) is 0 Å². The Morgan fingerprint density at radius 3 is 2.90 bits per heavy atom. The zero-order valence-corrected chi connectivity index (χ0v) is 14.0. The smallest absolute Gasteiger partial charge is 0.246 e. The molecule has 116 valence electrons. The number of sulfonamides is 1. The lowest BCUT2D eigenvalue weighted by atomic mass is 10.3. The average molecular weight is 328 g/mol. The summed E-state index contributed by atoms with van der Waals surface area (Å²) in [6.07, 6.45) is 2.98. The molecule has 0 bridgehead atoms. The minimum absolute atomic E-state index is 0.198. The van der Waals surface area contributed by atoms with Crippen LogP contribution in [0.2, 0.25) is 0 Å². The van der Waals surface area contributed by atoms with E-state index in [0.717, 1.165) is 11.4 Å². The minimum Gasteiger partial charge on any atom is -0.318 e. The molecule has 1 unspecified atom stereocenters. The highest BCUT2D eigenvalue weighted by molar-refractivity contribution is 7.89. The van der Waals surface area contributed by atoms with Crippen LogP contribution in [0.1, 0.15) is 17.8 Å². The van der Waals surface area contributed by atoms with Crippen LogP contribution in [0.5, 0.6) is 0 Å². The maximum atomic E-state index is 12.6. The zero-order valence-electron chi connectivity index (χ0n) is 12.4. The first-order chi connectivity index (χ1) is 9.96. The van der Waals surface area contributed by atoms with Crippen LogP contribution in [0.25, 0.3) is 0 Å². The lowest BCUT2D eigenvalue weighted by Gasteiger charge is -2.22. The Kier molecular flexibility index (Phi) is 5.15. The lowest BCUT2D eigenvalue weighted by molar-refractivity contribution is 0.403. The molecule has 8 heteroatoms. The van der Waals surface area contributed by atoms with E-state index in [1.807, 2.05) is 31.5 Å². The van der Waals surface area contributed by atoms with E-state index in [4.69, 9.17) is 0 Å². The molecule has 0 saturated carbocycles. The van der Waals surface area contributed by atoms with Gasteiger partial charge in [-0.1, -0.05) is 6.07 Å². The highest BCUT2D eigenvalue weighted by atomic mass is 32.2. The summed E-state index contributed by atoms with van der Waals surface area (Å²) in [4.78, 5) is 1.24. The van der Waals surface area contributed by atoms with Gasteiger partial charge in [-0.05, 0) is 25.4 Å². The van der Waals surface area contributed by atoms with E-state index in [1.165, 1.54) is 10.5 Å². The van der Waals surface area contributed by atoms with Gasteiger partial charge in [0.25, 0.3) is 0 Å². The molecule has 2 heterocycles. The molecule has 2 aromatic heterocycles. The van der Waals surface area contributed by atoms with Crippen molar-refractivity contribution in [2.75, 3.05) is 20.6 Å². The van der Waals surface area contributed by atoms with E-state index in [-0.39, 0.29) is 10.9 Å². The highest BCUT2D eigenvalue weighted by Gasteiger charge is 2.28. The number of thiophene rings is 1. The SMILES string of the molecule is CNCCn1cc(S(=O)(=O)N(C)C(C)c2cccs2)cn1. The summed E-state index contributed by atoms with van der Waals surface area (Å²) in [5.74, 6) is 0. The van der Waals surface area contributed by atoms with Gasteiger partial charge in [0, 0.05) is 24.7 Å². The standard InChI is InChI=1S/C13H20N4O2S2/c1-11(13-5-4-8-20-13)16(3)21(18,19)12-9-15-17(10-12)7-6-14-2/h4-5,8-11,14H,6-7H2,1-3H3. The van der Waals surface area contributed by atoms with Crippen LogP contribution in [-0.2, 0) is 16.6 Å². The molecule has 0 amide bonds. The fourth-order valence-electron chi connectivity index (χ4n) is 1.91. The fraction of sp³-hybridized carbons (Fsp3) is 0.462. The number of likely N-dealkylation sites (N-methyl/N-ethyl adjacent to an activating group) is 1. The second-order valence-electron chi connectivity index (χ2n) is 4.76. The quantitative estimate of drug-likeness (QED) is 0.837. The third-order valence-electron chi connectivity index (χ3n) is 3.38. The number of rotatable bonds is 7. The van der Waals surface area contributed by atoms with Crippen molar-refractivity contribution in [3.8, 4) is 0 Å². The van der Waals surface area contributed by atoms with Crippen LogP contribution in [0.3, 0.4) is 0 Å². The van der Waals surface area contributed by atoms with E-state index in [9.17, 15) is 8.42 Å². The molecule has 0 aliphatic carbocycles. The Morgan fingerprint density at radius 2 is 2.29 bits per heavy atom. The number of nitrogens with zero attached hydrogens (tertiary/aromatic N) is 3. The number of nitrogens with one attached hydrogen (secondary N) is 1. The van der Waals surface area contributed by atoms with E-state index in [1.54, 1.807) is 29.3 Å². The van der Waals surface area contributed by atoms with Crippen LogP contribution in [0, 0.1) is 0 Å². The number of hydrogen-bond donors (Lipinski definition) is 1. The van der Waals surface area contributed by atoms with Gasteiger partial charge in [0.1, 0.15) is 4.90 Å². The summed E-state index contributed by atoms with van der Waals surface area (Å²) in [6.45, 7) is 3.26. The zero-order chi connectivity index (χ0) is 15.5. The second kappa shape index (κ2) is 6.69. The molecule has 1 atom stereocenters. The Balaban J connectivity index is 2.19. The maximum absolute atomic E-state index is 12.6. The van der Waals surface area contributed by atoms with Gasteiger partial charge in [-0.2, -0.15) is 9.40 Å². The lowest BCUT2D eigenvalue weighted by Crippen LogP contribution is -2.29. The Labute approximate surface area is 129 Å². The Hall–Kier alpha value is -1.22. The van der Waals surface area contributed by atoms with Gasteiger partial charge < -0.3 is 5.32 Å². The topological polar surface area (TPSA) is 67.2 Å². The molecule has 0 radical (unpaired) electrons. The number of aromatic nitrogens is 2. The van der Waals surface area contributed by atoms with E-state index in [0.29, 0.717) is 6.54 Å².